The van der Waals surface area contributed by atoms with Crippen molar-refractivity contribution in [2.75, 3.05) is 24.7 Å². The molecule has 0 spiro atoms. The highest BCUT2D eigenvalue weighted by Gasteiger charge is 2.43. The first-order valence-electron chi connectivity index (χ1n) is 12.5. The number of likely N-dealkylation sites (N-methyl/N-ethyl adjacent to an activating group) is 1. The van der Waals surface area contributed by atoms with Gasteiger partial charge < -0.3 is 20.7 Å². The minimum atomic E-state index is -0.646. The van der Waals surface area contributed by atoms with E-state index in [9.17, 15) is 14.0 Å². The molecule has 1 heterocycles. The van der Waals surface area contributed by atoms with Gasteiger partial charge in [-0.25, -0.2) is 14.2 Å². The molecule has 3 rings (SSSR count). The summed E-state index contributed by atoms with van der Waals surface area (Å²) in [6.45, 7) is 11.4. The number of halogens is 1. The third-order valence-corrected chi connectivity index (χ3v) is 6.97. The second-order valence-corrected chi connectivity index (χ2v) is 11.2. The van der Waals surface area contributed by atoms with Crippen molar-refractivity contribution in [3.8, 4) is 0 Å². The van der Waals surface area contributed by atoms with Gasteiger partial charge in [0.2, 0.25) is 11.9 Å². The van der Waals surface area contributed by atoms with Crippen LogP contribution in [0, 0.1) is 11.7 Å². The lowest BCUT2D eigenvalue weighted by molar-refractivity contribution is -0.127. The number of carbonyl (C=O) groups excluding carboxylic acids is 2. The standard InChI is InChI=1S/C27H39FN6O3/c1-16(34(8)25(36)37-26(2,3)4)23(35)31-20-13-17(14-20)27(5,6)21-15-30-24(33-22(21)29-7)32-19-11-9-18(28)10-12-19/h9-12,15-17,20H,13-14H2,1-8H3,(H,31,35)(H2,29,30,32,33)/t16-,17-,20+/m0/s1. The van der Waals surface area contributed by atoms with E-state index in [2.05, 4.69) is 39.8 Å². The van der Waals surface area contributed by atoms with Crippen molar-refractivity contribution in [1.29, 1.82) is 0 Å². The number of nitrogens with zero attached hydrogens (tertiary/aromatic N) is 3. The Bertz CT molecular complexity index is 1110. The van der Waals surface area contributed by atoms with Crippen LogP contribution in [-0.4, -0.2) is 58.6 Å². The number of anilines is 3. The maximum absolute atomic E-state index is 13.2. The second kappa shape index (κ2) is 10.9. The first-order valence-corrected chi connectivity index (χ1v) is 12.5. The van der Waals surface area contributed by atoms with Crippen molar-refractivity contribution >= 4 is 29.5 Å². The van der Waals surface area contributed by atoms with E-state index >= 15 is 0 Å². The number of aromatic nitrogens is 2. The molecule has 0 radical (unpaired) electrons. The number of hydrogen-bond acceptors (Lipinski definition) is 7. The summed E-state index contributed by atoms with van der Waals surface area (Å²) in [6, 6.07) is 5.40. The van der Waals surface area contributed by atoms with Gasteiger partial charge in [0, 0.05) is 37.6 Å². The predicted molar refractivity (Wildman–Crippen MR) is 142 cm³/mol. The number of carbonyl (C=O) groups is 2. The summed E-state index contributed by atoms with van der Waals surface area (Å²) in [6.07, 6.45) is 2.90. The van der Waals surface area contributed by atoms with Gasteiger partial charge >= 0.3 is 6.09 Å². The van der Waals surface area contributed by atoms with Crippen molar-refractivity contribution < 1.29 is 18.7 Å². The highest BCUT2D eigenvalue weighted by molar-refractivity contribution is 5.85. The van der Waals surface area contributed by atoms with Crippen LogP contribution in [0.5, 0.6) is 0 Å². The summed E-state index contributed by atoms with van der Waals surface area (Å²) in [4.78, 5) is 35.5. The quantitative estimate of drug-likeness (QED) is 0.463. The zero-order valence-electron chi connectivity index (χ0n) is 23.0. The molecule has 1 aliphatic rings. The van der Waals surface area contributed by atoms with Crippen LogP contribution in [0.25, 0.3) is 0 Å². The molecule has 0 bridgehead atoms. The number of ether oxygens (including phenoxy) is 1. The fourth-order valence-electron chi connectivity index (χ4n) is 4.30. The van der Waals surface area contributed by atoms with Crippen molar-refractivity contribution in [2.45, 2.75) is 77.5 Å². The van der Waals surface area contributed by atoms with E-state index in [-0.39, 0.29) is 23.2 Å². The summed E-state index contributed by atoms with van der Waals surface area (Å²) < 4.78 is 18.6. The van der Waals surface area contributed by atoms with Gasteiger partial charge in [0.05, 0.1) is 0 Å². The molecule has 1 fully saturated rings. The maximum atomic E-state index is 13.2. The topological polar surface area (TPSA) is 108 Å². The molecule has 202 valence electrons. The van der Waals surface area contributed by atoms with Gasteiger partial charge in [-0.05, 0) is 76.1 Å². The molecule has 0 aliphatic heterocycles. The Hall–Kier alpha value is -3.43. The molecule has 2 amide bonds. The molecule has 0 saturated heterocycles. The van der Waals surface area contributed by atoms with E-state index in [1.165, 1.54) is 17.0 Å². The van der Waals surface area contributed by atoms with Crippen LogP contribution in [0.3, 0.4) is 0 Å². The van der Waals surface area contributed by atoms with Gasteiger partial charge in [0.15, 0.2) is 0 Å². The molecule has 37 heavy (non-hydrogen) atoms. The van der Waals surface area contributed by atoms with Crippen molar-refractivity contribution in [3.05, 3.63) is 41.8 Å². The minimum Gasteiger partial charge on any atom is -0.444 e. The van der Waals surface area contributed by atoms with E-state index in [4.69, 9.17) is 4.74 Å². The van der Waals surface area contributed by atoms with Gasteiger partial charge in [-0.1, -0.05) is 13.8 Å². The van der Waals surface area contributed by atoms with E-state index in [1.54, 1.807) is 46.9 Å². The minimum absolute atomic E-state index is 0.0321. The molecule has 1 aromatic heterocycles. The van der Waals surface area contributed by atoms with Crippen LogP contribution in [0.15, 0.2) is 30.5 Å². The predicted octanol–water partition coefficient (Wildman–Crippen LogP) is 4.83. The SMILES string of the molecule is CNc1nc(Nc2ccc(F)cc2)ncc1C(C)(C)[C@H]1C[C@@H](NC(=O)[C@H](C)N(C)C(=O)OC(C)(C)C)C1. The fourth-order valence-corrected chi connectivity index (χ4v) is 4.30. The van der Waals surface area contributed by atoms with E-state index in [0.29, 0.717) is 23.4 Å². The molecule has 1 aromatic carbocycles. The molecular weight excluding hydrogens is 475 g/mol. The third kappa shape index (κ3) is 6.87. The molecule has 3 N–H and O–H groups in total. The lowest BCUT2D eigenvalue weighted by atomic mass is 9.62. The Morgan fingerprint density at radius 1 is 1.14 bits per heavy atom. The number of benzene rings is 1. The summed E-state index contributed by atoms with van der Waals surface area (Å²) >= 11 is 0. The Kier molecular flexibility index (Phi) is 8.29. The fraction of sp³-hybridized carbons (Fsp3) is 0.556. The number of nitrogens with one attached hydrogen (secondary N) is 3. The van der Waals surface area contributed by atoms with E-state index in [0.717, 1.165) is 18.4 Å². The average molecular weight is 515 g/mol. The lowest BCUT2D eigenvalue weighted by Gasteiger charge is -2.46. The normalized spacial score (nSPS) is 18.3. The van der Waals surface area contributed by atoms with Gasteiger partial charge in [-0.3, -0.25) is 9.69 Å². The molecule has 9 nitrogen and oxygen atoms in total. The van der Waals surface area contributed by atoms with Crippen molar-refractivity contribution in [2.24, 2.45) is 5.92 Å². The van der Waals surface area contributed by atoms with Crippen LogP contribution in [0.2, 0.25) is 0 Å². The summed E-state index contributed by atoms with van der Waals surface area (Å²) in [5.41, 5.74) is 0.804. The van der Waals surface area contributed by atoms with Crippen LogP contribution in [-0.2, 0) is 14.9 Å². The Labute approximate surface area is 218 Å². The summed E-state index contributed by atoms with van der Waals surface area (Å²) in [5, 5.41) is 9.33. The first-order chi connectivity index (χ1) is 17.2. The highest BCUT2D eigenvalue weighted by atomic mass is 19.1. The molecular formula is C27H39FN6O3. The van der Waals surface area contributed by atoms with Gasteiger partial charge in [-0.2, -0.15) is 4.98 Å². The van der Waals surface area contributed by atoms with E-state index < -0.39 is 17.7 Å². The van der Waals surface area contributed by atoms with Crippen LogP contribution < -0.4 is 16.0 Å². The molecule has 1 saturated carbocycles. The Balaban J connectivity index is 1.60. The lowest BCUT2D eigenvalue weighted by Crippen LogP contribution is -2.55. The zero-order valence-corrected chi connectivity index (χ0v) is 23.0. The third-order valence-electron chi connectivity index (χ3n) is 6.97. The number of amides is 2. The smallest absolute Gasteiger partial charge is 0.410 e. The molecule has 10 heteroatoms. The summed E-state index contributed by atoms with van der Waals surface area (Å²) in [7, 11) is 3.38. The number of hydrogen-bond donors (Lipinski definition) is 3. The van der Waals surface area contributed by atoms with Crippen LogP contribution >= 0.6 is 0 Å². The van der Waals surface area contributed by atoms with Gasteiger partial charge in [-0.15, -0.1) is 0 Å². The largest absolute Gasteiger partial charge is 0.444 e. The number of rotatable bonds is 8. The maximum Gasteiger partial charge on any atom is 0.410 e. The van der Waals surface area contributed by atoms with Gasteiger partial charge in [0.25, 0.3) is 0 Å². The zero-order chi connectivity index (χ0) is 27.5. The Morgan fingerprint density at radius 3 is 2.32 bits per heavy atom. The molecule has 1 aliphatic carbocycles. The average Bonchev–Trinajstić information content (AvgIpc) is 2.79. The van der Waals surface area contributed by atoms with Gasteiger partial charge in [0.1, 0.15) is 23.3 Å². The molecule has 1 atom stereocenters. The molecule has 0 unspecified atom stereocenters. The molecule has 2 aromatic rings. The second-order valence-electron chi connectivity index (χ2n) is 11.2. The van der Waals surface area contributed by atoms with Crippen LogP contribution in [0.4, 0.5) is 26.6 Å². The Morgan fingerprint density at radius 2 is 1.76 bits per heavy atom. The van der Waals surface area contributed by atoms with E-state index in [1.807, 2.05) is 13.2 Å². The van der Waals surface area contributed by atoms with Crippen LogP contribution in [0.1, 0.15) is 59.9 Å². The van der Waals surface area contributed by atoms with Crippen molar-refractivity contribution in [1.82, 2.24) is 20.2 Å². The first kappa shape index (κ1) is 28.1. The highest BCUT2D eigenvalue weighted by Crippen LogP contribution is 2.45. The van der Waals surface area contributed by atoms with Crippen molar-refractivity contribution in [3.63, 3.8) is 0 Å². The summed E-state index contributed by atoms with van der Waals surface area (Å²) in [5.74, 6) is 0.925. The monoisotopic (exact) mass is 514 g/mol.